The quantitative estimate of drug-likeness (QED) is 0.844. The van der Waals surface area contributed by atoms with Crippen molar-refractivity contribution in [2.45, 2.75) is 25.4 Å². The minimum Gasteiger partial charge on any atom is -0.309 e. The van der Waals surface area contributed by atoms with E-state index in [-0.39, 0.29) is 0 Å². The van der Waals surface area contributed by atoms with Crippen LogP contribution in [0.15, 0.2) is 30.3 Å². The second kappa shape index (κ2) is 7.04. The lowest BCUT2D eigenvalue weighted by Crippen LogP contribution is -2.36. The van der Waals surface area contributed by atoms with Gasteiger partial charge in [-0.25, -0.2) is 0 Å². The molecule has 1 saturated heterocycles. The number of likely N-dealkylation sites (tertiary alicyclic amines) is 1. The van der Waals surface area contributed by atoms with Crippen LogP contribution in [0.1, 0.15) is 24.9 Å². The van der Waals surface area contributed by atoms with Gasteiger partial charge in [-0.1, -0.05) is 37.3 Å². The molecule has 2 unspecified atom stereocenters. The highest BCUT2D eigenvalue weighted by Crippen LogP contribution is 2.19. The molecule has 106 valence electrons. The molecule has 3 heteroatoms. The van der Waals surface area contributed by atoms with Gasteiger partial charge in [0, 0.05) is 25.2 Å². The minimum atomic E-state index is 0.451. The van der Waals surface area contributed by atoms with Gasteiger partial charge in [-0.2, -0.15) is 0 Å². The van der Waals surface area contributed by atoms with Crippen LogP contribution in [0, 0.1) is 0 Å². The van der Waals surface area contributed by atoms with E-state index in [1.165, 1.54) is 25.1 Å². The topological polar surface area (TPSA) is 18.5 Å². The zero-order valence-electron chi connectivity index (χ0n) is 12.5. The van der Waals surface area contributed by atoms with E-state index in [4.69, 9.17) is 0 Å². The van der Waals surface area contributed by atoms with Crippen LogP contribution in [0.5, 0.6) is 0 Å². The molecule has 3 nitrogen and oxygen atoms in total. The van der Waals surface area contributed by atoms with E-state index in [2.05, 4.69) is 66.5 Å². The van der Waals surface area contributed by atoms with Crippen molar-refractivity contribution in [3.05, 3.63) is 35.9 Å². The monoisotopic (exact) mass is 261 g/mol. The van der Waals surface area contributed by atoms with Crippen LogP contribution in [0.3, 0.4) is 0 Å². The van der Waals surface area contributed by atoms with Gasteiger partial charge in [0.1, 0.15) is 0 Å². The number of hydrogen-bond donors (Lipinski definition) is 1. The van der Waals surface area contributed by atoms with Crippen LogP contribution < -0.4 is 5.32 Å². The predicted octanol–water partition coefficient (Wildman–Crippen LogP) is 1.97. The summed E-state index contributed by atoms with van der Waals surface area (Å²) in [6, 6.07) is 12.0. The lowest BCUT2D eigenvalue weighted by atomic mass is 10.1. The molecule has 0 radical (unpaired) electrons. The molecule has 0 amide bonds. The van der Waals surface area contributed by atoms with Crippen LogP contribution in [0.25, 0.3) is 0 Å². The Balaban J connectivity index is 1.95. The van der Waals surface area contributed by atoms with Gasteiger partial charge in [-0.3, -0.25) is 4.90 Å². The van der Waals surface area contributed by atoms with Gasteiger partial charge in [0.05, 0.1) is 0 Å². The molecule has 0 aliphatic carbocycles. The van der Waals surface area contributed by atoms with Crippen molar-refractivity contribution in [2.24, 2.45) is 0 Å². The summed E-state index contributed by atoms with van der Waals surface area (Å²) in [4.78, 5) is 4.94. The molecule has 1 heterocycles. The van der Waals surface area contributed by atoms with E-state index >= 15 is 0 Å². The summed E-state index contributed by atoms with van der Waals surface area (Å²) >= 11 is 0. The van der Waals surface area contributed by atoms with Gasteiger partial charge in [0.2, 0.25) is 0 Å². The SMILES string of the molecule is CCNC(CN1CCC(N(C)C)C1)c1ccccc1. The molecule has 1 N–H and O–H groups in total. The fourth-order valence-corrected chi connectivity index (χ4v) is 2.88. The fraction of sp³-hybridized carbons (Fsp3) is 0.625. The molecule has 0 spiro atoms. The Hall–Kier alpha value is -0.900. The Labute approximate surface area is 117 Å². The summed E-state index contributed by atoms with van der Waals surface area (Å²) in [5.74, 6) is 0. The van der Waals surface area contributed by atoms with Crippen molar-refractivity contribution < 1.29 is 0 Å². The van der Waals surface area contributed by atoms with Crippen molar-refractivity contribution in [2.75, 3.05) is 40.3 Å². The van der Waals surface area contributed by atoms with Gasteiger partial charge >= 0.3 is 0 Å². The van der Waals surface area contributed by atoms with Crippen LogP contribution in [-0.4, -0.2) is 56.1 Å². The first kappa shape index (κ1) is 14.5. The first-order chi connectivity index (χ1) is 9.20. The molecule has 1 aromatic carbocycles. The van der Waals surface area contributed by atoms with Crippen molar-refractivity contribution in [1.82, 2.24) is 15.1 Å². The second-order valence-electron chi connectivity index (χ2n) is 5.69. The number of likely N-dealkylation sites (N-methyl/N-ethyl adjacent to an activating group) is 2. The lowest BCUT2D eigenvalue weighted by molar-refractivity contribution is 0.251. The van der Waals surface area contributed by atoms with E-state index in [0.717, 1.165) is 19.1 Å². The van der Waals surface area contributed by atoms with Crippen LogP contribution in [0.2, 0.25) is 0 Å². The summed E-state index contributed by atoms with van der Waals surface area (Å²) in [6.07, 6.45) is 1.29. The normalized spacial score (nSPS) is 22.0. The Morgan fingerprint density at radius 3 is 2.63 bits per heavy atom. The highest BCUT2D eigenvalue weighted by atomic mass is 15.2. The fourth-order valence-electron chi connectivity index (χ4n) is 2.88. The van der Waals surface area contributed by atoms with E-state index in [1.807, 2.05) is 0 Å². The molecular formula is C16H27N3. The maximum Gasteiger partial charge on any atom is 0.0449 e. The Kier molecular flexibility index (Phi) is 5.37. The highest BCUT2D eigenvalue weighted by Gasteiger charge is 2.25. The molecule has 0 saturated carbocycles. The average molecular weight is 261 g/mol. The summed E-state index contributed by atoms with van der Waals surface area (Å²) in [7, 11) is 4.38. The standard InChI is InChI=1S/C16H27N3/c1-4-17-16(14-8-6-5-7-9-14)13-19-11-10-15(12-19)18(2)3/h5-9,15-17H,4,10-13H2,1-3H3. The molecule has 0 aromatic heterocycles. The molecule has 2 atom stereocenters. The molecular weight excluding hydrogens is 234 g/mol. The van der Waals surface area contributed by atoms with Crippen LogP contribution >= 0.6 is 0 Å². The first-order valence-corrected chi connectivity index (χ1v) is 7.37. The van der Waals surface area contributed by atoms with E-state index in [0.29, 0.717) is 6.04 Å². The molecule has 1 aliphatic heterocycles. The van der Waals surface area contributed by atoms with E-state index in [1.54, 1.807) is 0 Å². The van der Waals surface area contributed by atoms with Gasteiger partial charge in [-0.15, -0.1) is 0 Å². The minimum absolute atomic E-state index is 0.451. The Morgan fingerprint density at radius 2 is 2.05 bits per heavy atom. The third-order valence-corrected chi connectivity index (χ3v) is 4.07. The van der Waals surface area contributed by atoms with E-state index < -0.39 is 0 Å². The van der Waals surface area contributed by atoms with Crippen molar-refractivity contribution >= 4 is 0 Å². The summed E-state index contributed by atoms with van der Waals surface area (Å²) in [6.45, 7) is 6.73. The molecule has 1 fully saturated rings. The Bertz CT molecular complexity index is 364. The third kappa shape index (κ3) is 4.03. The van der Waals surface area contributed by atoms with Gasteiger partial charge in [0.25, 0.3) is 0 Å². The lowest BCUT2D eigenvalue weighted by Gasteiger charge is -2.26. The number of nitrogens with zero attached hydrogens (tertiary/aromatic N) is 2. The zero-order valence-corrected chi connectivity index (χ0v) is 12.5. The molecule has 2 rings (SSSR count). The first-order valence-electron chi connectivity index (χ1n) is 7.37. The number of rotatable bonds is 6. The zero-order chi connectivity index (χ0) is 13.7. The Morgan fingerprint density at radius 1 is 1.32 bits per heavy atom. The van der Waals surface area contributed by atoms with Gasteiger partial charge in [-0.05, 0) is 39.2 Å². The molecule has 19 heavy (non-hydrogen) atoms. The molecule has 1 aromatic rings. The largest absolute Gasteiger partial charge is 0.309 e. The summed E-state index contributed by atoms with van der Waals surface area (Å²) in [5.41, 5.74) is 1.40. The van der Waals surface area contributed by atoms with Crippen LogP contribution in [-0.2, 0) is 0 Å². The van der Waals surface area contributed by atoms with Crippen LogP contribution in [0.4, 0.5) is 0 Å². The maximum absolute atomic E-state index is 3.61. The van der Waals surface area contributed by atoms with Crippen molar-refractivity contribution in [3.8, 4) is 0 Å². The van der Waals surface area contributed by atoms with E-state index in [9.17, 15) is 0 Å². The average Bonchev–Trinajstić information content (AvgIpc) is 2.88. The number of hydrogen-bond acceptors (Lipinski definition) is 3. The highest BCUT2D eigenvalue weighted by molar-refractivity contribution is 5.19. The summed E-state index contributed by atoms with van der Waals surface area (Å²) in [5, 5.41) is 3.61. The summed E-state index contributed by atoms with van der Waals surface area (Å²) < 4.78 is 0. The van der Waals surface area contributed by atoms with Gasteiger partial charge in [0.15, 0.2) is 0 Å². The number of nitrogens with one attached hydrogen (secondary N) is 1. The number of benzene rings is 1. The smallest absolute Gasteiger partial charge is 0.0449 e. The van der Waals surface area contributed by atoms with Crippen molar-refractivity contribution in [1.29, 1.82) is 0 Å². The molecule has 0 bridgehead atoms. The molecule has 1 aliphatic rings. The van der Waals surface area contributed by atoms with Crippen molar-refractivity contribution in [3.63, 3.8) is 0 Å². The maximum atomic E-state index is 3.61. The third-order valence-electron chi connectivity index (χ3n) is 4.07. The second-order valence-corrected chi connectivity index (χ2v) is 5.69. The van der Waals surface area contributed by atoms with Gasteiger partial charge < -0.3 is 10.2 Å². The predicted molar refractivity (Wildman–Crippen MR) is 81.4 cm³/mol.